The van der Waals surface area contributed by atoms with Crippen LogP contribution in [0.2, 0.25) is 0 Å². The highest BCUT2D eigenvalue weighted by Crippen LogP contribution is 2.30. The predicted octanol–water partition coefficient (Wildman–Crippen LogP) is 3.47. The lowest BCUT2D eigenvalue weighted by Gasteiger charge is -2.27. The summed E-state index contributed by atoms with van der Waals surface area (Å²) in [5, 5.41) is 0. The van der Waals surface area contributed by atoms with Gasteiger partial charge in [-0.3, -0.25) is 4.79 Å². The molecule has 2 N–H and O–H groups in total. The molecule has 2 fully saturated rings. The van der Waals surface area contributed by atoms with Crippen LogP contribution in [0.15, 0.2) is 24.3 Å². The summed E-state index contributed by atoms with van der Waals surface area (Å²) in [6.45, 7) is 3.09. The quantitative estimate of drug-likeness (QED) is 0.915. The second-order valence-corrected chi connectivity index (χ2v) is 7.07. The van der Waals surface area contributed by atoms with E-state index in [4.69, 9.17) is 5.73 Å². The van der Waals surface area contributed by atoms with E-state index >= 15 is 0 Å². The first kappa shape index (κ1) is 18.3. The van der Waals surface area contributed by atoms with E-state index in [-0.39, 0.29) is 18.4 Å². The lowest BCUT2D eigenvalue weighted by Crippen LogP contribution is -2.39. The van der Waals surface area contributed by atoms with Crippen molar-refractivity contribution in [2.24, 2.45) is 11.7 Å². The largest absolute Gasteiger partial charge is 0.339 e. The van der Waals surface area contributed by atoms with Gasteiger partial charge in [-0.05, 0) is 56.1 Å². The molecular weight excluding hydrogens is 308 g/mol. The van der Waals surface area contributed by atoms with Crippen molar-refractivity contribution in [3.8, 4) is 0 Å². The highest BCUT2D eigenvalue weighted by molar-refractivity contribution is 5.85. The molecular formula is C19H29ClN2O. The van der Waals surface area contributed by atoms with Crippen molar-refractivity contribution in [3.05, 3.63) is 35.4 Å². The fraction of sp³-hybridized carbons (Fsp3) is 0.632. The molecule has 4 heteroatoms. The van der Waals surface area contributed by atoms with E-state index in [0.29, 0.717) is 24.3 Å². The zero-order valence-electron chi connectivity index (χ0n) is 14.0. The molecule has 3 atom stereocenters. The van der Waals surface area contributed by atoms with E-state index in [1.165, 1.54) is 17.5 Å². The molecule has 1 saturated carbocycles. The van der Waals surface area contributed by atoms with Crippen molar-refractivity contribution >= 4 is 18.3 Å². The molecule has 0 bridgehead atoms. The number of rotatable bonds is 4. The molecule has 1 heterocycles. The third-order valence-electron chi connectivity index (χ3n) is 5.57. The van der Waals surface area contributed by atoms with Crippen molar-refractivity contribution < 1.29 is 4.79 Å². The minimum absolute atomic E-state index is 0. The Bertz CT molecular complexity index is 534. The maximum Gasteiger partial charge on any atom is 0.223 e. The molecule has 2 aliphatic rings. The summed E-state index contributed by atoms with van der Waals surface area (Å²) < 4.78 is 0. The second-order valence-electron chi connectivity index (χ2n) is 7.07. The Morgan fingerprint density at radius 1 is 1.22 bits per heavy atom. The van der Waals surface area contributed by atoms with Gasteiger partial charge in [-0.15, -0.1) is 12.4 Å². The van der Waals surface area contributed by atoms with Crippen molar-refractivity contribution in [3.63, 3.8) is 0 Å². The van der Waals surface area contributed by atoms with Gasteiger partial charge in [-0.2, -0.15) is 0 Å². The summed E-state index contributed by atoms with van der Waals surface area (Å²) in [7, 11) is 0. The van der Waals surface area contributed by atoms with Gasteiger partial charge in [-0.25, -0.2) is 0 Å². The van der Waals surface area contributed by atoms with Crippen molar-refractivity contribution in [2.75, 3.05) is 6.54 Å². The van der Waals surface area contributed by atoms with Crippen LogP contribution in [0.1, 0.15) is 49.7 Å². The molecule has 0 aromatic heterocycles. The summed E-state index contributed by atoms with van der Waals surface area (Å²) in [5.74, 6) is 0.741. The van der Waals surface area contributed by atoms with Crippen molar-refractivity contribution in [2.45, 2.75) is 64.0 Å². The van der Waals surface area contributed by atoms with Gasteiger partial charge >= 0.3 is 0 Å². The Labute approximate surface area is 146 Å². The number of aryl methyl sites for hydroxylation is 1. The lowest BCUT2D eigenvalue weighted by molar-refractivity contribution is -0.133. The molecule has 0 spiro atoms. The summed E-state index contributed by atoms with van der Waals surface area (Å²) in [5.41, 5.74) is 8.85. The summed E-state index contributed by atoms with van der Waals surface area (Å²) in [6, 6.07) is 9.16. The number of carbonyl (C=O) groups excluding carboxylic acids is 1. The van der Waals surface area contributed by atoms with Gasteiger partial charge < -0.3 is 10.6 Å². The maximum atomic E-state index is 12.7. The Morgan fingerprint density at radius 2 is 2.00 bits per heavy atom. The molecule has 1 amide bonds. The van der Waals surface area contributed by atoms with Crippen molar-refractivity contribution in [1.82, 2.24) is 4.90 Å². The number of nitrogens with two attached hydrogens (primary N) is 1. The summed E-state index contributed by atoms with van der Waals surface area (Å²) in [4.78, 5) is 14.8. The molecule has 1 aromatic carbocycles. The van der Waals surface area contributed by atoms with E-state index in [1.54, 1.807) is 0 Å². The van der Waals surface area contributed by atoms with Crippen LogP contribution < -0.4 is 5.73 Å². The predicted molar refractivity (Wildman–Crippen MR) is 96.8 cm³/mol. The molecule has 1 aliphatic carbocycles. The third kappa shape index (κ3) is 4.27. The zero-order chi connectivity index (χ0) is 15.5. The first-order valence-electron chi connectivity index (χ1n) is 8.74. The Kier molecular flexibility index (Phi) is 6.49. The average molecular weight is 337 g/mol. The van der Waals surface area contributed by atoms with E-state index < -0.39 is 0 Å². The Morgan fingerprint density at radius 3 is 2.70 bits per heavy atom. The minimum atomic E-state index is 0. The van der Waals surface area contributed by atoms with E-state index in [0.717, 1.165) is 38.6 Å². The first-order chi connectivity index (χ1) is 10.6. The van der Waals surface area contributed by atoms with Gasteiger partial charge in [0.25, 0.3) is 0 Å². The van der Waals surface area contributed by atoms with Gasteiger partial charge in [0.15, 0.2) is 0 Å². The Balaban J connectivity index is 0.00000192. The van der Waals surface area contributed by atoms with Gasteiger partial charge in [0.05, 0.1) is 0 Å². The van der Waals surface area contributed by atoms with Gasteiger partial charge in [0.2, 0.25) is 5.91 Å². The topological polar surface area (TPSA) is 46.3 Å². The highest BCUT2D eigenvalue weighted by atomic mass is 35.5. The smallest absolute Gasteiger partial charge is 0.223 e. The monoisotopic (exact) mass is 336 g/mol. The summed E-state index contributed by atoms with van der Waals surface area (Å²) >= 11 is 0. The molecule has 0 radical (unpaired) electrons. The fourth-order valence-electron chi connectivity index (χ4n) is 4.13. The number of hydrogen-bond acceptors (Lipinski definition) is 2. The second kappa shape index (κ2) is 8.16. The molecule has 3 nitrogen and oxygen atoms in total. The molecule has 23 heavy (non-hydrogen) atoms. The highest BCUT2D eigenvalue weighted by Gasteiger charge is 2.33. The zero-order valence-corrected chi connectivity index (χ0v) is 14.9. The van der Waals surface area contributed by atoms with Crippen LogP contribution in [0.3, 0.4) is 0 Å². The van der Waals surface area contributed by atoms with Crippen LogP contribution in [0, 0.1) is 12.8 Å². The van der Waals surface area contributed by atoms with Crippen LogP contribution >= 0.6 is 12.4 Å². The van der Waals surface area contributed by atoms with Crippen LogP contribution in [-0.2, 0) is 11.2 Å². The van der Waals surface area contributed by atoms with Gasteiger partial charge in [0.1, 0.15) is 0 Å². The van der Waals surface area contributed by atoms with Gasteiger partial charge in [-0.1, -0.05) is 30.7 Å². The van der Waals surface area contributed by atoms with Crippen LogP contribution in [0.25, 0.3) is 0 Å². The number of benzene rings is 1. The lowest BCUT2D eigenvalue weighted by atomic mass is 9.97. The normalized spacial score (nSPS) is 27.0. The maximum absolute atomic E-state index is 12.7. The molecule has 1 saturated heterocycles. The number of hydrogen-bond donors (Lipinski definition) is 1. The van der Waals surface area contributed by atoms with Crippen LogP contribution in [0.5, 0.6) is 0 Å². The van der Waals surface area contributed by atoms with E-state index in [2.05, 4.69) is 36.1 Å². The molecule has 1 aromatic rings. The third-order valence-corrected chi connectivity index (χ3v) is 5.57. The van der Waals surface area contributed by atoms with Gasteiger partial charge in [0, 0.05) is 25.0 Å². The Hall–Kier alpha value is -1.06. The first-order valence-corrected chi connectivity index (χ1v) is 8.74. The van der Waals surface area contributed by atoms with Crippen LogP contribution in [-0.4, -0.2) is 29.4 Å². The fourth-order valence-corrected chi connectivity index (χ4v) is 4.13. The number of likely N-dealkylation sites (tertiary alicyclic amines) is 1. The standard InChI is InChI=1S/C19H28N2O.ClH/c1-14-6-2-3-7-15(14)12-17-9-5-11-21(17)19(22)13-16-8-4-10-18(16)20;/h2-3,6-7,16-18H,4-5,8-13,20H2,1H3;1H/t16-,17?,18+;/m0./s1. The molecule has 3 rings (SSSR count). The summed E-state index contributed by atoms with van der Waals surface area (Å²) in [6.07, 6.45) is 7.33. The SMILES string of the molecule is Cc1ccccc1CC1CCCN1C(=O)C[C@@H]1CCC[C@H]1N.Cl. The molecule has 1 aliphatic heterocycles. The van der Waals surface area contributed by atoms with E-state index in [9.17, 15) is 4.79 Å². The number of carbonyl (C=O) groups is 1. The molecule has 1 unspecified atom stereocenters. The van der Waals surface area contributed by atoms with Crippen LogP contribution in [0.4, 0.5) is 0 Å². The molecule has 128 valence electrons. The number of nitrogens with zero attached hydrogens (tertiary/aromatic N) is 1. The number of amides is 1. The number of halogens is 1. The van der Waals surface area contributed by atoms with E-state index in [1.807, 2.05) is 0 Å². The minimum Gasteiger partial charge on any atom is -0.339 e. The average Bonchev–Trinajstić information content (AvgIpc) is 3.11. The van der Waals surface area contributed by atoms with Crippen molar-refractivity contribution in [1.29, 1.82) is 0 Å².